The van der Waals surface area contributed by atoms with E-state index in [0.29, 0.717) is 23.9 Å². The highest BCUT2D eigenvalue weighted by Gasteiger charge is 2.31. The van der Waals surface area contributed by atoms with Crippen LogP contribution in [0.1, 0.15) is 37.7 Å². The van der Waals surface area contributed by atoms with E-state index in [0.717, 1.165) is 18.4 Å². The van der Waals surface area contributed by atoms with Crippen LogP contribution < -0.4 is 5.32 Å². The highest BCUT2D eigenvalue weighted by Crippen LogP contribution is 2.36. The molecule has 2 rings (SSSR count). The molecule has 0 unspecified atom stereocenters. The zero-order valence-corrected chi connectivity index (χ0v) is 13.1. The molecular weight excluding hydrogens is 293 g/mol. The van der Waals surface area contributed by atoms with Gasteiger partial charge >= 0.3 is 0 Å². The van der Waals surface area contributed by atoms with Crippen molar-refractivity contribution in [2.45, 2.75) is 38.5 Å². The van der Waals surface area contributed by atoms with Crippen LogP contribution in [0, 0.1) is 5.41 Å². The van der Waals surface area contributed by atoms with Crippen LogP contribution in [0.2, 0.25) is 5.02 Å². The van der Waals surface area contributed by atoms with Crippen LogP contribution in [0.4, 0.5) is 0 Å². The van der Waals surface area contributed by atoms with Gasteiger partial charge in [0, 0.05) is 22.9 Å². The second-order valence-corrected chi connectivity index (χ2v) is 6.41. The monoisotopic (exact) mass is 313 g/mol. The van der Waals surface area contributed by atoms with E-state index in [2.05, 4.69) is 5.32 Å². The smallest absolute Gasteiger partial charge is 0.224 e. The van der Waals surface area contributed by atoms with Gasteiger partial charge in [-0.2, -0.15) is 0 Å². The highest BCUT2D eigenvalue weighted by atomic mass is 35.5. The molecule has 1 aliphatic carbocycles. The molecule has 1 aliphatic rings. The molecule has 0 saturated heterocycles. The second-order valence-electron chi connectivity index (χ2n) is 5.74. The minimum Gasteiger partial charge on any atom is -0.355 e. The number of benzene rings is 1. The third kappa shape index (κ3) is 4.13. The van der Waals surface area contributed by atoms with Crippen LogP contribution in [0.25, 0.3) is 0 Å². The number of alkyl halides is 1. The van der Waals surface area contributed by atoms with Gasteiger partial charge in [-0.1, -0.05) is 49.1 Å². The number of carbonyl (C=O) groups excluding carboxylic acids is 1. The molecule has 20 heavy (non-hydrogen) atoms. The molecule has 110 valence electrons. The summed E-state index contributed by atoms with van der Waals surface area (Å²) in [6.45, 7) is 0.680. The van der Waals surface area contributed by atoms with Gasteiger partial charge in [-0.05, 0) is 24.5 Å². The lowest BCUT2D eigenvalue weighted by atomic mass is 9.75. The standard InChI is InChI=1S/C16H21Cl2NO/c17-11-16(8-4-1-5-9-16)12-19-15(20)10-13-6-2-3-7-14(13)18/h2-3,6-7H,1,4-5,8-12H2,(H,19,20). The molecule has 1 fully saturated rings. The van der Waals surface area contributed by atoms with Gasteiger partial charge in [0.2, 0.25) is 5.91 Å². The number of halogens is 2. The molecular formula is C16H21Cl2NO. The van der Waals surface area contributed by atoms with Crippen molar-refractivity contribution in [1.29, 1.82) is 0 Å². The normalized spacial score (nSPS) is 17.7. The molecule has 4 heteroatoms. The summed E-state index contributed by atoms with van der Waals surface area (Å²) in [5.41, 5.74) is 0.964. The predicted octanol–water partition coefficient (Wildman–Crippen LogP) is 4.19. The molecule has 0 radical (unpaired) electrons. The summed E-state index contributed by atoms with van der Waals surface area (Å²) in [6, 6.07) is 7.47. The van der Waals surface area contributed by atoms with E-state index in [1.165, 1.54) is 19.3 Å². The molecule has 1 aromatic carbocycles. The summed E-state index contributed by atoms with van der Waals surface area (Å²) in [5.74, 6) is 0.646. The van der Waals surface area contributed by atoms with Crippen molar-refractivity contribution in [1.82, 2.24) is 5.32 Å². The SMILES string of the molecule is O=C(Cc1ccccc1Cl)NCC1(CCl)CCCCC1. The number of nitrogens with one attached hydrogen (secondary N) is 1. The lowest BCUT2D eigenvalue weighted by Gasteiger charge is -2.35. The van der Waals surface area contributed by atoms with Crippen LogP contribution in [0.3, 0.4) is 0 Å². The Morgan fingerprint density at radius 3 is 2.55 bits per heavy atom. The maximum Gasteiger partial charge on any atom is 0.224 e. The summed E-state index contributed by atoms with van der Waals surface area (Å²) in [5, 5.41) is 3.68. The molecule has 1 N–H and O–H groups in total. The number of rotatable bonds is 5. The van der Waals surface area contributed by atoms with Gasteiger partial charge in [0.1, 0.15) is 0 Å². The van der Waals surface area contributed by atoms with Crippen molar-refractivity contribution in [3.63, 3.8) is 0 Å². The zero-order valence-electron chi connectivity index (χ0n) is 11.6. The number of amides is 1. The molecule has 1 amide bonds. The molecule has 1 saturated carbocycles. The fraction of sp³-hybridized carbons (Fsp3) is 0.562. The Morgan fingerprint density at radius 1 is 1.20 bits per heavy atom. The fourth-order valence-corrected chi connectivity index (χ4v) is 3.39. The second kappa shape index (κ2) is 7.33. The quantitative estimate of drug-likeness (QED) is 0.811. The molecule has 0 bridgehead atoms. The first-order valence-electron chi connectivity index (χ1n) is 7.21. The average molecular weight is 314 g/mol. The van der Waals surface area contributed by atoms with Gasteiger partial charge in [0.25, 0.3) is 0 Å². The summed E-state index contributed by atoms with van der Waals surface area (Å²) in [6.07, 6.45) is 6.27. The van der Waals surface area contributed by atoms with Crippen LogP contribution in [-0.2, 0) is 11.2 Å². The third-order valence-electron chi connectivity index (χ3n) is 4.17. The Balaban J connectivity index is 1.87. The van der Waals surface area contributed by atoms with E-state index in [9.17, 15) is 4.79 Å². The molecule has 0 aromatic heterocycles. The minimum atomic E-state index is 0.0214. The van der Waals surface area contributed by atoms with Gasteiger partial charge in [-0.15, -0.1) is 11.6 Å². The van der Waals surface area contributed by atoms with Gasteiger partial charge < -0.3 is 5.32 Å². The van der Waals surface area contributed by atoms with Crippen LogP contribution in [0.5, 0.6) is 0 Å². The van der Waals surface area contributed by atoms with E-state index in [-0.39, 0.29) is 11.3 Å². The maximum atomic E-state index is 12.1. The Morgan fingerprint density at radius 2 is 1.90 bits per heavy atom. The third-order valence-corrected chi connectivity index (χ3v) is 5.10. The van der Waals surface area contributed by atoms with Crippen molar-refractivity contribution in [3.05, 3.63) is 34.9 Å². The van der Waals surface area contributed by atoms with Crippen LogP contribution in [0.15, 0.2) is 24.3 Å². The minimum absolute atomic E-state index is 0.0214. The number of hydrogen-bond donors (Lipinski definition) is 1. The van der Waals surface area contributed by atoms with Crippen molar-refractivity contribution in [3.8, 4) is 0 Å². The number of carbonyl (C=O) groups is 1. The lowest BCUT2D eigenvalue weighted by molar-refractivity contribution is -0.121. The van der Waals surface area contributed by atoms with Crippen LogP contribution in [-0.4, -0.2) is 18.3 Å². The predicted molar refractivity (Wildman–Crippen MR) is 84.4 cm³/mol. The molecule has 1 aromatic rings. The van der Waals surface area contributed by atoms with E-state index in [4.69, 9.17) is 23.2 Å². The lowest BCUT2D eigenvalue weighted by Crippen LogP contribution is -2.40. The molecule has 0 aliphatic heterocycles. The Kier molecular flexibility index (Phi) is 5.74. The Hall–Kier alpha value is -0.730. The van der Waals surface area contributed by atoms with Crippen molar-refractivity contribution in [2.24, 2.45) is 5.41 Å². The van der Waals surface area contributed by atoms with Crippen molar-refractivity contribution < 1.29 is 4.79 Å². The fourth-order valence-electron chi connectivity index (χ4n) is 2.82. The first-order valence-corrected chi connectivity index (χ1v) is 8.13. The summed E-state index contributed by atoms with van der Waals surface area (Å²) in [7, 11) is 0. The first-order chi connectivity index (χ1) is 9.65. The summed E-state index contributed by atoms with van der Waals surface area (Å²) < 4.78 is 0. The zero-order chi connectivity index (χ0) is 14.4. The van der Waals surface area contributed by atoms with Gasteiger partial charge in [0.05, 0.1) is 6.42 Å². The largest absolute Gasteiger partial charge is 0.355 e. The topological polar surface area (TPSA) is 29.1 Å². The van der Waals surface area contributed by atoms with E-state index < -0.39 is 0 Å². The Labute approximate surface area is 130 Å². The average Bonchev–Trinajstić information content (AvgIpc) is 2.49. The van der Waals surface area contributed by atoms with Gasteiger partial charge in [-0.25, -0.2) is 0 Å². The molecule has 0 spiro atoms. The summed E-state index contributed by atoms with van der Waals surface area (Å²) in [4.78, 5) is 12.1. The number of hydrogen-bond acceptors (Lipinski definition) is 1. The maximum absolute atomic E-state index is 12.1. The van der Waals surface area contributed by atoms with Crippen molar-refractivity contribution >= 4 is 29.1 Å². The van der Waals surface area contributed by atoms with E-state index in [1.807, 2.05) is 24.3 Å². The Bertz CT molecular complexity index is 456. The van der Waals surface area contributed by atoms with Crippen molar-refractivity contribution in [2.75, 3.05) is 12.4 Å². The van der Waals surface area contributed by atoms with E-state index >= 15 is 0 Å². The first kappa shape index (κ1) is 15.7. The van der Waals surface area contributed by atoms with E-state index in [1.54, 1.807) is 0 Å². The molecule has 0 heterocycles. The molecule has 0 atom stereocenters. The summed E-state index contributed by atoms with van der Waals surface area (Å²) >= 11 is 12.2. The van der Waals surface area contributed by atoms with Gasteiger partial charge in [-0.3, -0.25) is 4.79 Å². The van der Waals surface area contributed by atoms with Crippen LogP contribution >= 0.6 is 23.2 Å². The highest BCUT2D eigenvalue weighted by molar-refractivity contribution is 6.31. The van der Waals surface area contributed by atoms with Gasteiger partial charge in [0.15, 0.2) is 0 Å². The molecule has 2 nitrogen and oxygen atoms in total.